The van der Waals surface area contributed by atoms with Gasteiger partial charge in [-0.15, -0.1) is 0 Å². The second kappa shape index (κ2) is 7.40. The van der Waals surface area contributed by atoms with Crippen LogP contribution in [0.25, 0.3) is 0 Å². The standard InChI is InChI=1S/C18H26FN3O2/c1-14-13-24-17-11-22(14)10-15(12-23)4-3-5-16(19)18(17)21-8-6-20(2)7-9-21/h3,5,10-11,14,23H,4,6-9,12-13H2,1-2H3/b5-3+,15-10+,18-16-. The van der Waals surface area contributed by atoms with Crippen molar-refractivity contribution in [3.05, 3.63) is 47.4 Å². The van der Waals surface area contributed by atoms with Crippen molar-refractivity contribution in [2.24, 2.45) is 0 Å². The molecule has 6 heteroatoms. The van der Waals surface area contributed by atoms with Gasteiger partial charge in [-0.1, -0.05) is 6.08 Å². The number of aliphatic hydroxyl groups excluding tert-OH is 1. The fraction of sp³-hybridized carbons (Fsp3) is 0.556. The van der Waals surface area contributed by atoms with Gasteiger partial charge >= 0.3 is 0 Å². The molecule has 3 aliphatic rings. The first-order chi connectivity index (χ1) is 11.6. The predicted molar refractivity (Wildman–Crippen MR) is 91.5 cm³/mol. The van der Waals surface area contributed by atoms with E-state index < -0.39 is 0 Å². The number of fused-ring (bicyclic) bond motifs is 1. The number of likely N-dealkylation sites (N-methyl/N-ethyl adjacent to an activating group) is 1. The normalized spacial score (nSPS) is 32.6. The lowest BCUT2D eigenvalue weighted by Gasteiger charge is -2.38. The highest BCUT2D eigenvalue weighted by molar-refractivity contribution is 5.35. The van der Waals surface area contributed by atoms with E-state index in [1.165, 1.54) is 6.08 Å². The van der Waals surface area contributed by atoms with Gasteiger partial charge in [-0.2, -0.15) is 0 Å². The smallest absolute Gasteiger partial charge is 0.161 e. The number of hydrogen-bond acceptors (Lipinski definition) is 5. The molecule has 1 unspecified atom stereocenters. The summed E-state index contributed by atoms with van der Waals surface area (Å²) in [7, 11) is 2.08. The molecule has 1 saturated heterocycles. The minimum Gasteiger partial charge on any atom is -0.488 e. The van der Waals surface area contributed by atoms with Crippen LogP contribution in [0.4, 0.5) is 4.39 Å². The summed E-state index contributed by atoms with van der Waals surface area (Å²) in [6.45, 7) is 5.88. The summed E-state index contributed by atoms with van der Waals surface area (Å²) in [5.41, 5.74) is 1.39. The lowest BCUT2D eigenvalue weighted by molar-refractivity contribution is 0.105. The fourth-order valence-electron chi connectivity index (χ4n) is 3.11. The Balaban J connectivity index is 1.97. The Labute approximate surface area is 143 Å². The molecule has 3 aliphatic heterocycles. The van der Waals surface area contributed by atoms with Gasteiger partial charge in [-0.3, -0.25) is 0 Å². The van der Waals surface area contributed by atoms with Gasteiger partial charge in [-0.05, 0) is 32.0 Å². The molecule has 0 spiro atoms. The second-order valence-electron chi connectivity index (χ2n) is 6.64. The Bertz CT molecular complexity index is 589. The van der Waals surface area contributed by atoms with Gasteiger partial charge in [0.25, 0.3) is 0 Å². The average Bonchev–Trinajstić information content (AvgIpc) is 2.58. The number of halogens is 1. The first-order valence-electron chi connectivity index (χ1n) is 8.51. The molecule has 0 amide bonds. The fourth-order valence-corrected chi connectivity index (χ4v) is 3.11. The van der Waals surface area contributed by atoms with Crippen molar-refractivity contribution in [2.75, 3.05) is 46.4 Å². The van der Waals surface area contributed by atoms with Crippen molar-refractivity contribution in [3.8, 4) is 0 Å². The summed E-state index contributed by atoms with van der Waals surface area (Å²) in [5, 5.41) is 9.50. The highest BCUT2D eigenvalue weighted by atomic mass is 19.1. The molecule has 0 aromatic rings. The zero-order valence-electron chi connectivity index (χ0n) is 14.4. The summed E-state index contributed by atoms with van der Waals surface area (Å²) >= 11 is 0. The highest BCUT2D eigenvalue weighted by Crippen LogP contribution is 2.29. The molecular formula is C18H26FN3O2. The summed E-state index contributed by atoms with van der Waals surface area (Å²) in [5.74, 6) is 0.287. The third-order valence-corrected chi connectivity index (χ3v) is 4.71. The zero-order chi connectivity index (χ0) is 17.1. The van der Waals surface area contributed by atoms with E-state index in [1.807, 2.05) is 17.3 Å². The summed E-state index contributed by atoms with van der Waals surface area (Å²) in [4.78, 5) is 6.33. The number of hydrogen-bond donors (Lipinski definition) is 1. The van der Waals surface area contributed by atoms with Gasteiger partial charge in [0, 0.05) is 38.6 Å². The molecule has 3 heterocycles. The molecule has 3 rings (SSSR count). The Kier molecular flexibility index (Phi) is 5.26. The topological polar surface area (TPSA) is 39.2 Å². The molecule has 0 radical (unpaired) electrons. The molecule has 0 saturated carbocycles. The van der Waals surface area contributed by atoms with Gasteiger partial charge in [0.15, 0.2) is 5.76 Å². The van der Waals surface area contributed by atoms with Gasteiger partial charge in [0.05, 0.1) is 12.6 Å². The first-order valence-corrected chi connectivity index (χ1v) is 8.51. The quantitative estimate of drug-likeness (QED) is 0.833. The van der Waals surface area contributed by atoms with Crippen molar-refractivity contribution in [1.29, 1.82) is 0 Å². The minimum absolute atomic E-state index is 0.0335. The Hall–Kier alpha value is -1.79. The summed E-state index contributed by atoms with van der Waals surface area (Å²) in [6, 6.07) is 0.149. The Morgan fingerprint density at radius 2 is 2.00 bits per heavy atom. The number of aliphatic hydroxyl groups is 1. The van der Waals surface area contributed by atoms with Crippen molar-refractivity contribution in [2.45, 2.75) is 19.4 Å². The van der Waals surface area contributed by atoms with E-state index in [-0.39, 0.29) is 18.5 Å². The van der Waals surface area contributed by atoms with E-state index >= 15 is 0 Å². The SMILES string of the molecule is CC1COC2=CN1/C=C(/CO)C/C=C/C(F)=C\2N1CCN(C)CC1. The van der Waals surface area contributed by atoms with Crippen LogP contribution in [0.3, 0.4) is 0 Å². The predicted octanol–water partition coefficient (Wildman–Crippen LogP) is 1.81. The summed E-state index contributed by atoms with van der Waals surface area (Å²) < 4.78 is 20.8. The minimum atomic E-state index is -0.278. The van der Waals surface area contributed by atoms with Crippen LogP contribution in [0.15, 0.2) is 47.4 Å². The molecule has 0 aliphatic carbocycles. The van der Waals surface area contributed by atoms with Crippen LogP contribution in [-0.4, -0.2) is 72.3 Å². The molecule has 2 bridgehead atoms. The van der Waals surface area contributed by atoms with Crippen LogP contribution in [0, 0.1) is 0 Å². The third-order valence-electron chi connectivity index (χ3n) is 4.71. The van der Waals surface area contributed by atoms with Crippen LogP contribution in [-0.2, 0) is 4.74 Å². The van der Waals surface area contributed by atoms with Crippen LogP contribution >= 0.6 is 0 Å². The molecule has 1 N–H and O–H groups in total. The van der Waals surface area contributed by atoms with Crippen molar-refractivity contribution >= 4 is 0 Å². The zero-order valence-corrected chi connectivity index (χ0v) is 14.4. The maximum Gasteiger partial charge on any atom is 0.161 e. The number of allylic oxidation sites excluding steroid dienone is 3. The lowest BCUT2D eigenvalue weighted by Crippen LogP contribution is -2.45. The molecule has 1 atom stereocenters. The number of ether oxygens (including phenoxy) is 1. The van der Waals surface area contributed by atoms with Gasteiger partial charge in [-0.25, -0.2) is 4.39 Å². The second-order valence-corrected chi connectivity index (χ2v) is 6.64. The Morgan fingerprint density at radius 3 is 2.71 bits per heavy atom. The van der Waals surface area contributed by atoms with Gasteiger partial charge < -0.3 is 24.5 Å². The monoisotopic (exact) mass is 335 g/mol. The van der Waals surface area contributed by atoms with Crippen molar-refractivity contribution in [1.82, 2.24) is 14.7 Å². The average molecular weight is 335 g/mol. The maximum atomic E-state index is 14.9. The molecule has 0 aromatic carbocycles. The maximum absolute atomic E-state index is 14.9. The number of nitrogens with zero attached hydrogens (tertiary/aromatic N) is 3. The number of piperazine rings is 1. The van der Waals surface area contributed by atoms with Crippen molar-refractivity contribution in [3.63, 3.8) is 0 Å². The van der Waals surface area contributed by atoms with E-state index in [4.69, 9.17) is 4.74 Å². The number of rotatable bonds is 2. The van der Waals surface area contributed by atoms with Crippen LogP contribution in [0.5, 0.6) is 0 Å². The van der Waals surface area contributed by atoms with Gasteiger partial charge in [0.2, 0.25) is 0 Å². The molecule has 5 nitrogen and oxygen atoms in total. The van der Waals surface area contributed by atoms with Crippen molar-refractivity contribution < 1.29 is 14.2 Å². The van der Waals surface area contributed by atoms with E-state index in [0.717, 1.165) is 31.8 Å². The summed E-state index contributed by atoms with van der Waals surface area (Å²) in [6.07, 6.45) is 7.60. The molecule has 24 heavy (non-hydrogen) atoms. The molecular weight excluding hydrogens is 309 g/mol. The van der Waals surface area contributed by atoms with Crippen LogP contribution in [0.1, 0.15) is 13.3 Å². The Morgan fingerprint density at radius 1 is 1.25 bits per heavy atom. The van der Waals surface area contributed by atoms with Crippen LogP contribution < -0.4 is 0 Å². The van der Waals surface area contributed by atoms with E-state index in [1.54, 1.807) is 6.08 Å². The van der Waals surface area contributed by atoms with E-state index in [9.17, 15) is 9.50 Å². The molecule has 0 aromatic heterocycles. The molecule has 1 fully saturated rings. The third kappa shape index (κ3) is 3.65. The first kappa shape index (κ1) is 17.0. The molecule has 132 valence electrons. The largest absolute Gasteiger partial charge is 0.488 e. The lowest BCUT2D eigenvalue weighted by atomic mass is 10.1. The van der Waals surface area contributed by atoms with E-state index in [2.05, 4.69) is 23.8 Å². The van der Waals surface area contributed by atoms with E-state index in [0.29, 0.717) is 24.5 Å². The highest BCUT2D eigenvalue weighted by Gasteiger charge is 2.28. The van der Waals surface area contributed by atoms with Crippen LogP contribution in [0.2, 0.25) is 0 Å². The van der Waals surface area contributed by atoms with Gasteiger partial charge in [0.1, 0.15) is 18.1 Å².